The van der Waals surface area contributed by atoms with E-state index in [1.165, 1.54) is 0 Å². The molecule has 0 aliphatic carbocycles. The Morgan fingerprint density at radius 3 is 3.14 bits per heavy atom. The Hall–Kier alpha value is -2.10. The fraction of sp³-hybridized carbons (Fsp3) is 0.467. The minimum atomic E-state index is 0.101. The molecule has 0 saturated carbocycles. The molecule has 21 heavy (non-hydrogen) atoms. The van der Waals surface area contributed by atoms with Crippen LogP contribution in [0.4, 0.5) is 5.95 Å². The van der Waals surface area contributed by atoms with Crippen molar-refractivity contribution in [2.75, 3.05) is 32.0 Å². The number of ether oxygens (including phenoxy) is 1. The molecule has 2 heterocycles. The van der Waals surface area contributed by atoms with Crippen molar-refractivity contribution in [3.63, 3.8) is 0 Å². The van der Waals surface area contributed by atoms with Crippen molar-refractivity contribution < 1.29 is 4.74 Å². The first-order valence-electron chi connectivity index (χ1n) is 7.21. The van der Waals surface area contributed by atoms with E-state index in [1.807, 2.05) is 16.7 Å². The van der Waals surface area contributed by atoms with Crippen molar-refractivity contribution >= 4 is 17.0 Å². The Labute approximate surface area is 123 Å². The second kappa shape index (κ2) is 5.72. The van der Waals surface area contributed by atoms with Crippen LogP contribution in [0.2, 0.25) is 0 Å². The highest BCUT2D eigenvalue weighted by Crippen LogP contribution is 2.21. The highest BCUT2D eigenvalue weighted by Gasteiger charge is 2.21. The van der Waals surface area contributed by atoms with E-state index in [4.69, 9.17) is 15.7 Å². The summed E-state index contributed by atoms with van der Waals surface area (Å²) in [5, 5.41) is 9.04. The molecule has 1 saturated heterocycles. The Kier molecular flexibility index (Phi) is 3.78. The summed E-state index contributed by atoms with van der Waals surface area (Å²) < 4.78 is 7.78. The first-order valence-corrected chi connectivity index (χ1v) is 7.21. The summed E-state index contributed by atoms with van der Waals surface area (Å²) in [6.07, 6.45) is 0.101. The Balaban J connectivity index is 1.89. The van der Waals surface area contributed by atoms with Crippen LogP contribution in [-0.4, -0.2) is 46.8 Å². The number of benzene rings is 1. The predicted molar refractivity (Wildman–Crippen MR) is 80.7 cm³/mol. The number of aromatic nitrogens is 2. The van der Waals surface area contributed by atoms with Crippen molar-refractivity contribution in [1.82, 2.24) is 14.5 Å². The molecule has 0 spiro atoms. The van der Waals surface area contributed by atoms with Crippen molar-refractivity contribution in [1.29, 1.82) is 5.26 Å². The van der Waals surface area contributed by atoms with Crippen molar-refractivity contribution in [2.45, 2.75) is 19.6 Å². The zero-order valence-electron chi connectivity index (χ0n) is 12.1. The number of nitrogens with zero attached hydrogens (tertiary/aromatic N) is 4. The standard InChI is InChI=1S/C15H19N5O/c1-2-19-5-6-21-12(9-19)10-20-14-7-11(8-16)3-4-13(14)18-15(20)17/h3-4,7,12H,2,5-6,9-10H2,1H3,(H2,17,18). The molecule has 1 atom stereocenters. The van der Waals surface area contributed by atoms with Gasteiger partial charge in [-0.1, -0.05) is 6.92 Å². The third-order valence-electron chi connectivity index (χ3n) is 3.96. The maximum atomic E-state index is 9.04. The molecule has 1 fully saturated rings. The first kappa shape index (κ1) is 13.9. The molecule has 0 radical (unpaired) electrons. The molecule has 0 amide bonds. The molecular formula is C15H19N5O. The fourth-order valence-corrected chi connectivity index (χ4v) is 2.78. The number of hydrogen-bond acceptors (Lipinski definition) is 5. The minimum Gasteiger partial charge on any atom is -0.374 e. The molecule has 6 nitrogen and oxygen atoms in total. The van der Waals surface area contributed by atoms with Gasteiger partial charge in [-0.2, -0.15) is 5.26 Å². The lowest BCUT2D eigenvalue weighted by Gasteiger charge is -2.32. The lowest BCUT2D eigenvalue weighted by molar-refractivity contribution is -0.0335. The van der Waals surface area contributed by atoms with Crippen LogP contribution in [0, 0.1) is 11.3 Å². The summed E-state index contributed by atoms with van der Waals surface area (Å²) in [5.41, 5.74) is 8.35. The van der Waals surface area contributed by atoms with E-state index in [0.717, 1.165) is 37.3 Å². The number of nitrogens with two attached hydrogens (primary N) is 1. The molecule has 6 heteroatoms. The average molecular weight is 285 g/mol. The molecule has 1 unspecified atom stereocenters. The van der Waals surface area contributed by atoms with Crippen LogP contribution in [0.3, 0.4) is 0 Å². The number of rotatable bonds is 3. The monoisotopic (exact) mass is 285 g/mol. The molecule has 2 aromatic rings. The van der Waals surface area contributed by atoms with Crippen molar-refractivity contribution in [2.24, 2.45) is 0 Å². The number of morpholine rings is 1. The molecule has 110 valence electrons. The summed E-state index contributed by atoms with van der Waals surface area (Å²) in [6.45, 7) is 6.46. The Morgan fingerprint density at radius 1 is 1.52 bits per heavy atom. The van der Waals surface area contributed by atoms with Crippen LogP contribution >= 0.6 is 0 Å². The predicted octanol–water partition coefficient (Wildman–Crippen LogP) is 1.21. The van der Waals surface area contributed by atoms with Crippen LogP contribution in [0.25, 0.3) is 11.0 Å². The van der Waals surface area contributed by atoms with Gasteiger partial charge in [-0.25, -0.2) is 4.98 Å². The van der Waals surface area contributed by atoms with E-state index < -0.39 is 0 Å². The average Bonchev–Trinajstić information content (AvgIpc) is 2.82. The lowest BCUT2D eigenvalue weighted by Crippen LogP contribution is -2.44. The number of fused-ring (bicyclic) bond motifs is 1. The van der Waals surface area contributed by atoms with Crippen molar-refractivity contribution in [3.8, 4) is 6.07 Å². The molecular weight excluding hydrogens is 266 g/mol. The van der Waals surface area contributed by atoms with Crippen LogP contribution in [0.1, 0.15) is 12.5 Å². The molecule has 1 aromatic carbocycles. The molecule has 3 rings (SSSR count). The SMILES string of the molecule is CCN1CCOC(Cn2c(N)nc3ccc(C#N)cc32)C1. The van der Waals surface area contributed by atoms with Crippen LogP contribution in [-0.2, 0) is 11.3 Å². The third kappa shape index (κ3) is 2.71. The smallest absolute Gasteiger partial charge is 0.201 e. The molecule has 0 bridgehead atoms. The van der Waals surface area contributed by atoms with Gasteiger partial charge >= 0.3 is 0 Å². The summed E-state index contributed by atoms with van der Waals surface area (Å²) >= 11 is 0. The maximum absolute atomic E-state index is 9.04. The van der Waals surface area contributed by atoms with E-state index in [-0.39, 0.29) is 6.10 Å². The second-order valence-electron chi connectivity index (χ2n) is 5.28. The van der Waals surface area contributed by atoms with E-state index >= 15 is 0 Å². The number of nitrogen functional groups attached to an aromatic ring is 1. The van der Waals surface area contributed by atoms with Gasteiger partial charge in [0.25, 0.3) is 0 Å². The summed E-state index contributed by atoms with van der Waals surface area (Å²) in [6, 6.07) is 7.58. The number of imidazole rings is 1. The zero-order valence-corrected chi connectivity index (χ0v) is 12.1. The second-order valence-corrected chi connectivity index (χ2v) is 5.28. The maximum Gasteiger partial charge on any atom is 0.201 e. The highest BCUT2D eigenvalue weighted by atomic mass is 16.5. The van der Waals surface area contributed by atoms with E-state index in [9.17, 15) is 0 Å². The number of nitriles is 1. The van der Waals surface area contributed by atoms with Gasteiger partial charge in [0.2, 0.25) is 5.95 Å². The van der Waals surface area contributed by atoms with Gasteiger partial charge in [-0.3, -0.25) is 4.90 Å². The molecule has 1 aromatic heterocycles. The van der Waals surface area contributed by atoms with Crippen LogP contribution in [0.15, 0.2) is 18.2 Å². The molecule has 1 aliphatic rings. The zero-order chi connectivity index (χ0) is 14.8. The number of anilines is 1. The van der Waals surface area contributed by atoms with E-state index in [0.29, 0.717) is 18.1 Å². The highest BCUT2D eigenvalue weighted by molar-refractivity contribution is 5.79. The van der Waals surface area contributed by atoms with Crippen molar-refractivity contribution in [3.05, 3.63) is 23.8 Å². The van der Waals surface area contributed by atoms with Crippen LogP contribution in [0.5, 0.6) is 0 Å². The third-order valence-corrected chi connectivity index (χ3v) is 3.96. The topological polar surface area (TPSA) is 80.1 Å². The minimum absolute atomic E-state index is 0.101. The Bertz CT molecular complexity index is 687. The van der Waals surface area contributed by atoms with Crippen LogP contribution < -0.4 is 5.73 Å². The lowest BCUT2D eigenvalue weighted by atomic mass is 10.2. The van der Waals surface area contributed by atoms with Gasteiger partial charge in [0.1, 0.15) is 0 Å². The number of hydrogen-bond donors (Lipinski definition) is 1. The van der Waals surface area contributed by atoms with E-state index in [2.05, 4.69) is 22.9 Å². The van der Waals surface area contributed by atoms with Gasteiger partial charge in [0, 0.05) is 13.1 Å². The quantitative estimate of drug-likeness (QED) is 0.917. The summed E-state index contributed by atoms with van der Waals surface area (Å²) in [4.78, 5) is 6.72. The summed E-state index contributed by atoms with van der Waals surface area (Å²) in [5.74, 6) is 0.470. The fourth-order valence-electron chi connectivity index (χ4n) is 2.78. The normalized spacial score (nSPS) is 19.7. The summed E-state index contributed by atoms with van der Waals surface area (Å²) in [7, 11) is 0. The first-order chi connectivity index (χ1) is 10.2. The Morgan fingerprint density at radius 2 is 2.38 bits per heavy atom. The van der Waals surface area contributed by atoms with Gasteiger partial charge in [0.05, 0.1) is 41.9 Å². The van der Waals surface area contributed by atoms with Gasteiger partial charge in [-0.05, 0) is 24.7 Å². The molecule has 2 N–H and O–H groups in total. The van der Waals surface area contributed by atoms with Gasteiger partial charge < -0.3 is 15.0 Å². The molecule has 1 aliphatic heterocycles. The van der Waals surface area contributed by atoms with Gasteiger partial charge in [0.15, 0.2) is 0 Å². The van der Waals surface area contributed by atoms with E-state index in [1.54, 1.807) is 6.07 Å². The largest absolute Gasteiger partial charge is 0.374 e. The van der Waals surface area contributed by atoms with Gasteiger partial charge in [-0.15, -0.1) is 0 Å². The number of likely N-dealkylation sites (N-methyl/N-ethyl adjacent to an activating group) is 1.